The van der Waals surface area contributed by atoms with Crippen LogP contribution in [0.5, 0.6) is 0 Å². The van der Waals surface area contributed by atoms with Crippen LogP contribution in [0.15, 0.2) is 53.4 Å². The molecular formula is C27H25F3N2O5S. The quantitative estimate of drug-likeness (QED) is 0.359. The van der Waals surface area contributed by atoms with Gasteiger partial charge in [-0.3, -0.25) is 24.1 Å². The van der Waals surface area contributed by atoms with E-state index < -0.39 is 22.9 Å². The summed E-state index contributed by atoms with van der Waals surface area (Å²) in [5.74, 6) is -1.12. The summed E-state index contributed by atoms with van der Waals surface area (Å²) >= 11 is 0.748. The average Bonchev–Trinajstić information content (AvgIpc) is 3.16. The minimum atomic E-state index is -4.47. The number of imide groups is 1. The average molecular weight is 547 g/mol. The number of hydrogen-bond donors (Lipinski definition) is 0. The minimum Gasteiger partial charge on any atom is -0.466 e. The normalized spacial score (nSPS) is 17.8. The molecule has 200 valence electrons. The molecule has 3 amide bonds. The molecule has 0 aromatic heterocycles. The first kappa shape index (κ1) is 27.4. The van der Waals surface area contributed by atoms with E-state index in [1.54, 1.807) is 36.1 Å². The first-order valence-corrected chi connectivity index (χ1v) is 12.9. The van der Waals surface area contributed by atoms with E-state index in [2.05, 4.69) is 0 Å². The fourth-order valence-electron chi connectivity index (χ4n) is 4.25. The molecule has 2 aliphatic rings. The molecule has 2 saturated heterocycles. The smallest absolute Gasteiger partial charge is 0.416 e. The minimum absolute atomic E-state index is 0.138. The van der Waals surface area contributed by atoms with Gasteiger partial charge in [-0.2, -0.15) is 13.2 Å². The molecule has 0 unspecified atom stereocenters. The Balaban J connectivity index is 1.37. The summed E-state index contributed by atoms with van der Waals surface area (Å²) in [7, 11) is 0. The highest BCUT2D eigenvalue weighted by Gasteiger charge is 2.35. The van der Waals surface area contributed by atoms with E-state index in [0.29, 0.717) is 49.2 Å². The van der Waals surface area contributed by atoms with Crippen LogP contribution in [0.1, 0.15) is 46.8 Å². The van der Waals surface area contributed by atoms with Gasteiger partial charge in [0.25, 0.3) is 17.1 Å². The molecule has 0 saturated carbocycles. The van der Waals surface area contributed by atoms with E-state index in [4.69, 9.17) is 4.74 Å². The highest BCUT2D eigenvalue weighted by Crippen LogP contribution is 2.34. The summed E-state index contributed by atoms with van der Waals surface area (Å²) in [6, 6.07) is 10.9. The second kappa shape index (κ2) is 11.4. The fraction of sp³-hybridized carbons (Fsp3) is 0.333. The molecule has 0 atom stereocenters. The maximum absolute atomic E-state index is 12.9. The molecule has 0 bridgehead atoms. The number of esters is 1. The molecule has 2 heterocycles. The van der Waals surface area contributed by atoms with Crippen LogP contribution in [0, 0.1) is 5.92 Å². The first-order chi connectivity index (χ1) is 18.1. The van der Waals surface area contributed by atoms with Crippen molar-refractivity contribution >= 4 is 40.9 Å². The van der Waals surface area contributed by atoms with Crippen LogP contribution in [0.25, 0.3) is 6.08 Å². The van der Waals surface area contributed by atoms with Gasteiger partial charge < -0.3 is 9.64 Å². The van der Waals surface area contributed by atoms with Gasteiger partial charge >= 0.3 is 12.1 Å². The summed E-state index contributed by atoms with van der Waals surface area (Å²) < 4.78 is 43.4. The summed E-state index contributed by atoms with van der Waals surface area (Å²) in [5.41, 5.74) is 0.670. The summed E-state index contributed by atoms with van der Waals surface area (Å²) in [4.78, 5) is 52.8. The SMILES string of the molecule is CCOC(=O)C1CCN(C(=O)c2ccc(/C=C3\SC(=O)N(Cc4ccc(C(F)(F)F)cc4)C3=O)cc2)CC1. The topological polar surface area (TPSA) is 84.0 Å². The van der Waals surface area contributed by atoms with Crippen molar-refractivity contribution in [2.45, 2.75) is 32.5 Å². The molecule has 0 radical (unpaired) electrons. The predicted molar refractivity (Wildman–Crippen MR) is 135 cm³/mol. The zero-order valence-electron chi connectivity index (χ0n) is 20.5. The third kappa shape index (κ3) is 6.27. The monoisotopic (exact) mass is 546 g/mol. The van der Waals surface area contributed by atoms with Gasteiger partial charge in [-0.1, -0.05) is 24.3 Å². The van der Waals surface area contributed by atoms with Crippen molar-refractivity contribution in [1.29, 1.82) is 0 Å². The summed E-state index contributed by atoms with van der Waals surface area (Å²) in [5, 5.41) is -0.515. The Bertz CT molecular complexity index is 1250. The zero-order valence-corrected chi connectivity index (χ0v) is 21.3. The number of amides is 3. The molecular weight excluding hydrogens is 521 g/mol. The molecule has 7 nitrogen and oxygen atoms in total. The number of piperidine rings is 1. The Labute approximate surface area is 221 Å². The molecule has 0 spiro atoms. The van der Waals surface area contributed by atoms with E-state index in [1.165, 1.54) is 18.2 Å². The van der Waals surface area contributed by atoms with Crippen molar-refractivity contribution in [3.63, 3.8) is 0 Å². The number of nitrogens with zero attached hydrogens (tertiary/aromatic N) is 2. The second-order valence-electron chi connectivity index (χ2n) is 8.90. The highest BCUT2D eigenvalue weighted by atomic mass is 32.2. The molecule has 38 heavy (non-hydrogen) atoms. The van der Waals surface area contributed by atoms with Gasteiger partial charge in [0.15, 0.2) is 0 Å². The number of carbonyl (C=O) groups is 4. The lowest BCUT2D eigenvalue weighted by Gasteiger charge is -2.31. The number of alkyl halides is 3. The van der Waals surface area contributed by atoms with E-state index in [-0.39, 0.29) is 29.2 Å². The van der Waals surface area contributed by atoms with Crippen molar-refractivity contribution in [1.82, 2.24) is 9.80 Å². The highest BCUT2D eigenvalue weighted by molar-refractivity contribution is 8.18. The lowest BCUT2D eigenvalue weighted by molar-refractivity contribution is -0.149. The predicted octanol–water partition coefficient (Wildman–Crippen LogP) is 5.36. The summed E-state index contributed by atoms with van der Waals surface area (Å²) in [6.07, 6.45) is -1.84. The molecule has 2 aromatic carbocycles. The van der Waals surface area contributed by atoms with Crippen LogP contribution in [-0.2, 0) is 27.0 Å². The molecule has 2 aliphatic heterocycles. The molecule has 4 rings (SSSR count). The molecule has 2 fully saturated rings. The van der Waals surface area contributed by atoms with Crippen LogP contribution in [0.2, 0.25) is 0 Å². The maximum atomic E-state index is 12.9. The number of halogens is 3. The van der Waals surface area contributed by atoms with Crippen molar-refractivity contribution in [3.8, 4) is 0 Å². The molecule has 11 heteroatoms. The Kier molecular flexibility index (Phi) is 8.25. The van der Waals surface area contributed by atoms with Crippen LogP contribution >= 0.6 is 11.8 Å². The summed E-state index contributed by atoms with van der Waals surface area (Å²) in [6.45, 7) is 2.86. The largest absolute Gasteiger partial charge is 0.466 e. The maximum Gasteiger partial charge on any atom is 0.416 e. The Hall–Kier alpha value is -3.60. The molecule has 0 N–H and O–H groups in total. The first-order valence-electron chi connectivity index (χ1n) is 12.0. The van der Waals surface area contributed by atoms with Gasteiger partial charge in [0.05, 0.1) is 29.5 Å². The van der Waals surface area contributed by atoms with Crippen molar-refractivity contribution < 1.29 is 37.1 Å². The van der Waals surface area contributed by atoms with Crippen molar-refractivity contribution in [2.24, 2.45) is 5.92 Å². The Morgan fingerprint density at radius 3 is 2.24 bits per heavy atom. The number of benzene rings is 2. The van der Waals surface area contributed by atoms with Crippen LogP contribution in [0.3, 0.4) is 0 Å². The van der Waals surface area contributed by atoms with Crippen molar-refractivity contribution in [3.05, 3.63) is 75.7 Å². The van der Waals surface area contributed by atoms with Gasteiger partial charge in [-0.15, -0.1) is 0 Å². The van der Waals surface area contributed by atoms with Gasteiger partial charge in [-0.05, 0) is 73.0 Å². The van der Waals surface area contributed by atoms with E-state index in [0.717, 1.165) is 28.8 Å². The number of carbonyl (C=O) groups excluding carboxylic acids is 4. The third-order valence-corrected chi connectivity index (χ3v) is 7.26. The van der Waals surface area contributed by atoms with Gasteiger partial charge in [-0.25, -0.2) is 0 Å². The lowest BCUT2D eigenvalue weighted by atomic mass is 9.96. The zero-order chi connectivity index (χ0) is 27.4. The number of hydrogen-bond acceptors (Lipinski definition) is 6. The van der Waals surface area contributed by atoms with Crippen LogP contribution in [0.4, 0.5) is 18.0 Å². The van der Waals surface area contributed by atoms with Crippen LogP contribution in [-0.4, -0.2) is 52.5 Å². The Morgan fingerprint density at radius 1 is 1.03 bits per heavy atom. The number of thioether (sulfide) groups is 1. The standard InChI is InChI=1S/C27H25F3N2O5S/c1-2-37-25(35)20-11-13-31(14-12-20)23(33)19-7-3-17(4-8-19)15-22-24(34)32(26(36)38-22)16-18-5-9-21(10-6-18)27(28,29)30/h3-10,15,20H,2,11-14,16H2,1H3/b22-15-. The van der Waals surface area contributed by atoms with Gasteiger partial charge in [0, 0.05) is 18.7 Å². The van der Waals surface area contributed by atoms with E-state index in [9.17, 15) is 32.3 Å². The fourth-order valence-corrected chi connectivity index (χ4v) is 5.09. The number of ether oxygens (including phenoxy) is 1. The van der Waals surface area contributed by atoms with E-state index in [1.807, 2.05) is 0 Å². The molecule has 0 aliphatic carbocycles. The molecule has 2 aromatic rings. The number of likely N-dealkylation sites (tertiary alicyclic amines) is 1. The van der Waals surface area contributed by atoms with Gasteiger partial charge in [0.2, 0.25) is 0 Å². The lowest BCUT2D eigenvalue weighted by Crippen LogP contribution is -2.40. The second-order valence-corrected chi connectivity index (χ2v) is 9.90. The van der Waals surface area contributed by atoms with E-state index >= 15 is 0 Å². The van der Waals surface area contributed by atoms with Gasteiger partial charge in [0.1, 0.15) is 0 Å². The third-order valence-electron chi connectivity index (χ3n) is 6.35. The Morgan fingerprint density at radius 2 is 1.66 bits per heavy atom. The van der Waals surface area contributed by atoms with Crippen molar-refractivity contribution in [2.75, 3.05) is 19.7 Å². The number of rotatable bonds is 6. The van der Waals surface area contributed by atoms with Crippen LogP contribution < -0.4 is 0 Å².